The number of hydrogen-bond donors (Lipinski definition) is 1. The minimum Gasteiger partial charge on any atom is -0.300 e. The number of amides is 1. The van der Waals surface area contributed by atoms with Gasteiger partial charge < -0.3 is 0 Å². The Morgan fingerprint density at radius 3 is 2.61 bits per heavy atom. The molecule has 12 heteroatoms. The molecular formula is C19H24N6O3S3. The van der Waals surface area contributed by atoms with E-state index in [1.807, 2.05) is 6.92 Å². The molecule has 0 aliphatic carbocycles. The van der Waals surface area contributed by atoms with Crippen LogP contribution in [0.15, 0.2) is 25.0 Å². The number of pyridine rings is 1. The third kappa shape index (κ3) is 5.18. The first-order valence-electron chi connectivity index (χ1n) is 9.69. The first-order valence-corrected chi connectivity index (χ1v) is 12.5. The molecule has 1 N–H and O–H groups in total. The predicted molar refractivity (Wildman–Crippen MR) is 126 cm³/mol. The normalized spacial score (nSPS) is 11.4. The fraction of sp³-hybridized carbons (Fsp3) is 0.474. The van der Waals surface area contributed by atoms with Crippen molar-refractivity contribution in [1.29, 1.82) is 0 Å². The summed E-state index contributed by atoms with van der Waals surface area (Å²) in [4.78, 5) is 42.8. The molecule has 9 nitrogen and oxygen atoms in total. The standard InChI is InChI=1S/C19H24N6O3S3/c1-6-29-18-23-22-17(31-18)21-12(26)9-30-14-11(7-10(2)3)8-20-15-13(14)16(27)25(5)19(28)24(15)4/h8,10H,6-7,9H2,1-5H3,(H,21,22,26). The van der Waals surface area contributed by atoms with Crippen molar-refractivity contribution in [2.24, 2.45) is 20.0 Å². The Bertz CT molecular complexity index is 1230. The summed E-state index contributed by atoms with van der Waals surface area (Å²) in [6, 6.07) is 0. The van der Waals surface area contributed by atoms with Gasteiger partial charge in [0, 0.05) is 25.2 Å². The maximum atomic E-state index is 12.9. The van der Waals surface area contributed by atoms with Gasteiger partial charge in [0.1, 0.15) is 5.65 Å². The number of fused-ring (bicyclic) bond motifs is 1. The van der Waals surface area contributed by atoms with Crippen molar-refractivity contribution in [1.82, 2.24) is 24.3 Å². The molecule has 0 radical (unpaired) electrons. The lowest BCUT2D eigenvalue weighted by Gasteiger charge is -2.15. The Hall–Kier alpha value is -2.18. The Morgan fingerprint density at radius 1 is 1.19 bits per heavy atom. The molecule has 0 spiro atoms. The number of carbonyl (C=O) groups excluding carboxylic acids is 1. The van der Waals surface area contributed by atoms with E-state index in [1.54, 1.807) is 25.0 Å². The van der Waals surface area contributed by atoms with Gasteiger partial charge in [0.05, 0.1) is 11.1 Å². The molecule has 0 unspecified atom stereocenters. The lowest BCUT2D eigenvalue weighted by atomic mass is 10.0. The zero-order chi connectivity index (χ0) is 22.7. The van der Waals surface area contributed by atoms with Gasteiger partial charge >= 0.3 is 5.69 Å². The lowest BCUT2D eigenvalue weighted by molar-refractivity contribution is -0.113. The number of thioether (sulfide) groups is 2. The zero-order valence-corrected chi connectivity index (χ0v) is 20.4. The van der Waals surface area contributed by atoms with E-state index in [2.05, 4.69) is 34.3 Å². The SMILES string of the molecule is CCSc1nnc(NC(=O)CSc2c(CC(C)C)cnc3c2c(=O)n(C)c(=O)n3C)s1. The minimum atomic E-state index is -0.438. The van der Waals surface area contributed by atoms with Crippen LogP contribution in [0.25, 0.3) is 11.0 Å². The third-order valence-corrected chi connectivity index (χ3v) is 7.41. The van der Waals surface area contributed by atoms with Crippen molar-refractivity contribution in [3.05, 3.63) is 32.6 Å². The van der Waals surface area contributed by atoms with Crippen LogP contribution in [-0.4, -0.2) is 41.7 Å². The second-order valence-corrected chi connectivity index (χ2v) is 10.7. The monoisotopic (exact) mass is 480 g/mol. The van der Waals surface area contributed by atoms with E-state index in [-0.39, 0.29) is 11.7 Å². The summed E-state index contributed by atoms with van der Waals surface area (Å²) in [6.45, 7) is 6.17. The Balaban J connectivity index is 1.94. The topological polar surface area (TPSA) is 112 Å². The van der Waals surface area contributed by atoms with Crippen LogP contribution in [-0.2, 0) is 25.3 Å². The van der Waals surface area contributed by atoms with Gasteiger partial charge in [-0.25, -0.2) is 9.78 Å². The number of rotatable bonds is 8. The van der Waals surface area contributed by atoms with Crippen LogP contribution < -0.4 is 16.6 Å². The summed E-state index contributed by atoms with van der Waals surface area (Å²) in [5.74, 6) is 1.06. The van der Waals surface area contributed by atoms with Gasteiger partial charge in [0.2, 0.25) is 11.0 Å². The molecule has 3 rings (SSSR count). The maximum Gasteiger partial charge on any atom is 0.332 e. The second-order valence-electron chi connectivity index (χ2n) is 7.26. The van der Waals surface area contributed by atoms with Crippen molar-refractivity contribution in [3.8, 4) is 0 Å². The Morgan fingerprint density at radius 2 is 1.94 bits per heavy atom. The van der Waals surface area contributed by atoms with Crippen molar-refractivity contribution >= 4 is 56.9 Å². The van der Waals surface area contributed by atoms with Crippen LogP contribution in [0.5, 0.6) is 0 Å². The van der Waals surface area contributed by atoms with Crippen molar-refractivity contribution in [3.63, 3.8) is 0 Å². The van der Waals surface area contributed by atoms with Gasteiger partial charge in [0.25, 0.3) is 5.56 Å². The molecule has 0 atom stereocenters. The first kappa shape index (κ1) is 23.5. The second kappa shape index (κ2) is 9.96. The van der Waals surface area contributed by atoms with Gasteiger partial charge in [-0.2, -0.15) is 0 Å². The van der Waals surface area contributed by atoms with E-state index >= 15 is 0 Å². The molecular weight excluding hydrogens is 456 g/mol. The summed E-state index contributed by atoms with van der Waals surface area (Å²) in [5, 5.41) is 11.6. The van der Waals surface area contributed by atoms with Crippen LogP contribution in [0.1, 0.15) is 26.3 Å². The quantitative estimate of drug-likeness (QED) is 0.387. The minimum absolute atomic E-state index is 0.0893. The molecule has 31 heavy (non-hydrogen) atoms. The highest BCUT2D eigenvalue weighted by Gasteiger charge is 2.19. The fourth-order valence-electron chi connectivity index (χ4n) is 3.03. The number of nitrogens with zero attached hydrogens (tertiary/aromatic N) is 5. The summed E-state index contributed by atoms with van der Waals surface area (Å²) in [7, 11) is 3.03. The van der Waals surface area contributed by atoms with Gasteiger partial charge in [-0.1, -0.05) is 43.9 Å². The largest absolute Gasteiger partial charge is 0.332 e. The molecule has 0 aromatic carbocycles. The number of anilines is 1. The van der Waals surface area contributed by atoms with Crippen molar-refractivity contribution < 1.29 is 4.79 Å². The van der Waals surface area contributed by atoms with Crippen LogP contribution in [0.4, 0.5) is 5.13 Å². The molecule has 0 bridgehead atoms. The molecule has 0 saturated heterocycles. The highest BCUT2D eigenvalue weighted by Crippen LogP contribution is 2.30. The molecule has 0 aliphatic heterocycles. The molecule has 3 aromatic heterocycles. The molecule has 166 valence electrons. The van der Waals surface area contributed by atoms with E-state index < -0.39 is 11.2 Å². The van der Waals surface area contributed by atoms with Crippen LogP contribution in [0, 0.1) is 5.92 Å². The fourth-order valence-corrected chi connectivity index (χ4v) is 5.68. The number of carbonyl (C=O) groups is 1. The molecule has 1 amide bonds. The highest BCUT2D eigenvalue weighted by molar-refractivity contribution is 8.01. The highest BCUT2D eigenvalue weighted by atomic mass is 32.2. The smallest absolute Gasteiger partial charge is 0.300 e. The number of nitrogens with one attached hydrogen (secondary N) is 1. The number of aryl methyl sites for hydroxylation is 1. The first-order chi connectivity index (χ1) is 14.7. The Kier molecular flexibility index (Phi) is 7.55. The lowest BCUT2D eigenvalue weighted by Crippen LogP contribution is -2.37. The summed E-state index contributed by atoms with van der Waals surface area (Å²) >= 11 is 4.16. The zero-order valence-electron chi connectivity index (χ0n) is 18.0. The van der Waals surface area contributed by atoms with Gasteiger partial charge in [0.15, 0.2) is 4.34 Å². The molecule has 0 aliphatic rings. The predicted octanol–water partition coefficient (Wildman–Crippen LogP) is 2.53. The van der Waals surface area contributed by atoms with Gasteiger partial charge in [-0.05, 0) is 23.7 Å². The Labute approximate surface area is 191 Å². The van der Waals surface area contributed by atoms with Crippen LogP contribution in [0.2, 0.25) is 0 Å². The number of aromatic nitrogens is 5. The summed E-state index contributed by atoms with van der Waals surface area (Å²) < 4.78 is 3.23. The average Bonchev–Trinajstić information content (AvgIpc) is 3.16. The molecule has 3 aromatic rings. The van der Waals surface area contributed by atoms with Crippen LogP contribution >= 0.6 is 34.9 Å². The third-order valence-electron chi connectivity index (χ3n) is 4.39. The van der Waals surface area contributed by atoms with Crippen LogP contribution in [0.3, 0.4) is 0 Å². The average molecular weight is 481 g/mol. The van der Waals surface area contributed by atoms with E-state index in [1.165, 1.54) is 34.7 Å². The van der Waals surface area contributed by atoms with Crippen molar-refractivity contribution in [2.45, 2.75) is 36.4 Å². The summed E-state index contributed by atoms with van der Waals surface area (Å²) in [5.41, 5.74) is 0.347. The summed E-state index contributed by atoms with van der Waals surface area (Å²) in [6.07, 6.45) is 2.40. The van der Waals surface area contributed by atoms with Gasteiger partial charge in [-0.15, -0.1) is 22.0 Å². The van der Waals surface area contributed by atoms with E-state index in [4.69, 9.17) is 0 Å². The van der Waals surface area contributed by atoms with E-state index in [9.17, 15) is 14.4 Å². The van der Waals surface area contributed by atoms with Gasteiger partial charge in [-0.3, -0.25) is 24.0 Å². The molecule has 3 heterocycles. The van der Waals surface area contributed by atoms with E-state index in [0.717, 1.165) is 20.2 Å². The maximum absolute atomic E-state index is 12.9. The number of hydrogen-bond acceptors (Lipinski definition) is 9. The molecule has 0 fully saturated rings. The molecule has 0 saturated carbocycles. The van der Waals surface area contributed by atoms with Crippen molar-refractivity contribution in [2.75, 3.05) is 16.8 Å². The van der Waals surface area contributed by atoms with E-state index in [0.29, 0.717) is 33.4 Å².